The van der Waals surface area contributed by atoms with Crippen LogP contribution in [-0.2, 0) is 10.0 Å². The number of hydrogen-bond acceptors (Lipinski definition) is 3. The van der Waals surface area contributed by atoms with Crippen LogP contribution >= 0.6 is 0 Å². The van der Waals surface area contributed by atoms with Gasteiger partial charge in [0.1, 0.15) is 0 Å². The smallest absolute Gasteiger partial charge is 0.254 e. The summed E-state index contributed by atoms with van der Waals surface area (Å²) >= 11 is 0. The van der Waals surface area contributed by atoms with E-state index in [1.54, 1.807) is 0 Å². The highest BCUT2D eigenvalue weighted by atomic mass is 32.2. The number of rotatable bonds is 2. The Balaban J connectivity index is 2.20. The average Bonchev–Trinajstić information content (AvgIpc) is 2.62. The summed E-state index contributed by atoms with van der Waals surface area (Å²) in [4.78, 5) is 14.4. The van der Waals surface area contributed by atoms with Crippen LogP contribution in [0.15, 0.2) is 29.2 Å². The quantitative estimate of drug-likeness (QED) is 0.902. The van der Waals surface area contributed by atoms with Gasteiger partial charge in [-0.3, -0.25) is 4.79 Å². The van der Waals surface area contributed by atoms with E-state index in [4.69, 9.17) is 5.14 Å². The summed E-state index contributed by atoms with van der Waals surface area (Å²) < 4.78 is 22.4. The lowest BCUT2D eigenvalue weighted by molar-refractivity contribution is 0.0698. The van der Waals surface area contributed by atoms with Crippen LogP contribution in [0.25, 0.3) is 0 Å². The molecule has 0 bridgehead atoms. The summed E-state index contributed by atoms with van der Waals surface area (Å²) in [7, 11) is -3.71. The largest absolute Gasteiger partial charge is 0.336 e. The molecule has 20 heavy (non-hydrogen) atoms. The molecule has 1 aliphatic rings. The van der Waals surface area contributed by atoms with E-state index in [-0.39, 0.29) is 16.8 Å². The molecule has 5 nitrogen and oxygen atoms in total. The van der Waals surface area contributed by atoms with Crippen molar-refractivity contribution < 1.29 is 13.2 Å². The van der Waals surface area contributed by atoms with Crippen molar-refractivity contribution in [2.75, 3.05) is 6.54 Å². The molecular formula is C14H20N2O3S. The lowest BCUT2D eigenvalue weighted by Crippen LogP contribution is -2.38. The predicted molar refractivity (Wildman–Crippen MR) is 76.8 cm³/mol. The maximum atomic E-state index is 12.5. The van der Waals surface area contributed by atoms with Gasteiger partial charge < -0.3 is 4.90 Å². The van der Waals surface area contributed by atoms with E-state index in [0.29, 0.717) is 5.56 Å². The molecule has 0 saturated carbocycles. The van der Waals surface area contributed by atoms with E-state index in [9.17, 15) is 13.2 Å². The number of likely N-dealkylation sites (tertiary alicyclic amines) is 1. The highest BCUT2D eigenvalue weighted by molar-refractivity contribution is 7.89. The van der Waals surface area contributed by atoms with Crippen LogP contribution in [0, 0.1) is 0 Å². The minimum atomic E-state index is -3.71. The van der Waals surface area contributed by atoms with Gasteiger partial charge in [-0.2, -0.15) is 0 Å². The first-order valence-electron chi connectivity index (χ1n) is 6.83. The Labute approximate surface area is 119 Å². The number of primary sulfonamides is 1. The zero-order valence-electron chi connectivity index (χ0n) is 11.6. The Morgan fingerprint density at radius 1 is 1.20 bits per heavy atom. The zero-order chi connectivity index (χ0) is 14.8. The Bertz CT molecular complexity index is 581. The van der Waals surface area contributed by atoms with Crippen LogP contribution in [0.3, 0.4) is 0 Å². The molecule has 0 spiro atoms. The van der Waals surface area contributed by atoms with Crippen LogP contribution in [-0.4, -0.2) is 31.8 Å². The molecule has 1 aromatic rings. The number of carbonyl (C=O) groups excluding carboxylic acids is 1. The van der Waals surface area contributed by atoms with Gasteiger partial charge in [-0.1, -0.05) is 12.8 Å². The van der Waals surface area contributed by atoms with E-state index in [1.807, 2.05) is 4.90 Å². The number of nitrogens with zero attached hydrogens (tertiary/aromatic N) is 1. The topological polar surface area (TPSA) is 80.5 Å². The molecule has 0 aromatic heterocycles. The molecule has 1 atom stereocenters. The summed E-state index contributed by atoms with van der Waals surface area (Å²) in [6.45, 7) is 2.82. The SMILES string of the molecule is CC1CCCCCN1C(=O)c1ccc(S(N)(=O)=O)cc1. The Kier molecular flexibility index (Phi) is 4.45. The molecule has 1 aliphatic heterocycles. The molecule has 2 rings (SSSR count). The molecule has 1 amide bonds. The van der Waals surface area contributed by atoms with Crippen LogP contribution in [0.2, 0.25) is 0 Å². The van der Waals surface area contributed by atoms with Gasteiger partial charge >= 0.3 is 0 Å². The number of carbonyl (C=O) groups is 1. The fraction of sp³-hybridized carbons (Fsp3) is 0.500. The van der Waals surface area contributed by atoms with Gasteiger partial charge in [0.25, 0.3) is 5.91 Å². The van der Waals surface area contributed by atoms with Gasteiger partial charge in [-0.05, 0) is 44.0 Å². The molecule has 0 aliphatic carbocycles. The van der Waals surface area contributed by atoms with Gasteiger partial charge in [0.05, 0.1) is 4.90 Å². The Hall–Kier alpha value is -1.40. The minimum Gasteiger partial charge on any atom is -0.336 e. The number of nitrogens with two attached hydrogens (primary N) is 1. The molecule has 0 radical (unpaired) electrons. The van der Waals surface area contributed by atoms with E-state index >= 15 is 0 Å². The van der Waals surface area contributed by atoms with Crippen molar-refractivity contribution in [3.63, 3.8) is 0 Å². The monoisotopic (exact) mass is 296 g/mol. The molecular weight excluding hydrogens is 276 g/mol. The Morgan fingerprint density at radius 3 is 2.45 bits per heavy atom. The number of sulfonamides is 1. The fourth-order valence-corrected chi connectivity index (χ4v) is 3.05. The summed E-state index contributed by atoms with van der Waals surface area (Å²) in [5.74, 6) is -0.0413. The highest BCUT2D eigenvalue weighted by Crippen LogP contribution is 2.19. The van der Waals surface area contributed by atoms with Crippen molar-refractivity contribution in [2.24, 2.45) is 5.14 Å². The van der Waals surface area contributed by atoms with Gasteiger partial charge in [0.15, 0.2) is 0 Å². The van der Waals surface area contributed by atoms with Crippen molar-refractivity contribution in [3.05, 3.63) is 29.8 Å². The third kappa shape index (κ3) is 3.37. The summed E-state index contributed by atoms with van der Waals surface area (Å²) in [6.07, 6.45) is 4.33. The first-order chi connectivity index (χ1) is 9.39. The van der Waals surface area contributed by atoms with Crippen LogP contribution < -0.4 is 5.14 Å². The summed E-state index contributed by atoms with van der Waals surface area (Å²) in [5, 5.41) is 5.05. The van der Waals surface area contributed by atoms with Gasteiger partial charge in [-0.25, -0.2) is 13.6 Å². The zero-order valence-corrected chi connectivity index (χ0v) is 12.4. The van der Waals surface area contributed by atoms with E-state index < -0.39 is 10.0 Å². The maximum Gasteiger partial charge on any atom is 0.254 e. The third-order valence-electron chi connectivity index (χ3n) is 3.74. The predicted octanol–water partition coefficient (Wildman–Crippen LogP) is 1.74. The molecule has 6 heteroatoms. The molecule has 1 heterocycles. The molecule has 1 fully saturated rings. The first kappa shape index (κ1) is 15.0. The fourth-order valence-electron chi connectivity index (χ4n) is 2.53. The van der Waals surface area contributed by atoms with Gasteiger partial charge in [-0.15, -0.1) is 0 Å². The van der Waals surface area contributed by atoms with Crippen molar-refractivity contribution in [1.29, 1.82) is 0 Å². The van der Waals surface area contributed by atoms with E-state index in [2.05, 4.69) is 6.92 Å². The molecule has 2 N–H and O–H groups in total. The first-order valence-corrected chi connectivity index (χ1v) is 8.38. The number of hydrogen-bond donors (Lipinski definition) is 1. The van der Waals surface area contributed by atoms with Crippen molar-refractivity contribution in [2.45, 2.75) is 43.5 Å². The third-order valence-corrected chi connectivity index (χ3v) is 4.67. The summed E-state index contributed by atoms with van der Waals surface area (Å²) in [5.41, 5.74) is 0.506. The number of amides is 1. The number of benzene rings is 1. The van der Waals surface area contributed by atoms with Crippen LogP contribution in [0.5, 0.6) is 0 Å². The van der Waals surface area contributed by atoms with Gasteiger partial charge in [0.2, 0.25) is 10.0 Å². The second kappa shape index (κ2) is 5.93. The second-order valence-electron chi connectivity index (χ2n) is 5.27. The Morgan fingerprint density at radius 2 is 1.85 bits per heavy atom. The average molecular weight is 296 g/mol. The standard InChI is InChI=1S/C14H20N2O3S/c1-11-5-3-2-4-10-16(11)14(17)12-6-8-13(9-7-12)20(15,18)19/h6-9,11H,2-5,10H2,1H3,(H2,15,18,19). The minimum absolute atomic E-state index is 0.0259. The van der Waals surface area contributed by atoms with Crippen molar-refractivity contribution in [3.8, 4) is 0 Å². The van der Waals surface area contributed by atoms with Gasteiger partial charge in [0, 0.05) is 18.2 Å². The normalized spacial score (nSPS) is 20.5. The summed E-state index contributed by atoms with van der Waals surface area (Å²) in [6, 6.07) is 6.04. The van der Waals surface area contributed by atoms with Crippen LogP contribution in [0.4, 0.5) is 0 Å². The molecule has 1 saturated heterocycles. The molecule has 110 valence electrons. The second-order valence-corrected chi connectivity index (χ2v) is 6.83. The van der Waals surface area contributed by atoms with Crippen molar-refractivity contribution >= 4 is 15.9 Å². The lowest BCUT2D eigenvalue weighted by atomic mass is 10.1. The maximum absolute atomic E-state index is 12.5. The van der Waals surface area contributed by atoms with Crippen molar-refractivity contribution in [1.82, 2.24) is 4.90 Å². The lowest BCUT2D eigenvalue weighted by Gasteiger charge is -2.27. The highest BCUT2D eigenvalue weighted by Gasteiger charge is 2.23. The molecule has 1 unspecified atom stereocenters. The van der Waals surface area contributed by atoms with E-state index in [0.717, 1.165) is 32.2 Å². The van der Waals surface area contributed by atoms with Crippen LogP contribution in [0.1, 0.15) is 43.0 Å². The molecule has 1 aromatic carbocycles. The van der Waals surface area contributed by atoms with E-state index in [1.165, 1.54) is 24.3 Å².